The van der Waals surface area contributed by atoms with Crippen LogP contribution in [0.4, 0.5) is 0 Å². The summed E-state index contributed by atoms with van der Waals surface area (Å²) in [6, 6.07) is 11.3. The van der Waals surface area contributed by atoms with Gasteiger partial charge in [0.2, 0.25) is 0 Å². The Morgan fingerprint density at radius 3 is 2.60 bits per heavy atom. The summed E-state index contributed by atoms with van der Waals surface area (Å²) in [5.74, 6) is -1.11. The predicted molar refractivity (Wildman–Crippen MR) is 76.0 cm³/mol. The number of nitrogens with zero attached hydrogens (tertiary/aromatic N) is 1. The molecule has 0 spiro atoms. The molecule has 104 valence electrons. The van der Waals surface area contributed by atoms with E-state index in [0.717, 1.165) is 11.1 Å². The van der Waals surface area contributed by atoms with Gasteiger partial charge in [-0.25, -0.2) is 0 Å². The summed E-state index contributed by atoms with van der Waals surface area (Å²) in [4.78, 5) is 15.7. The molecule has 0 aliphatic rings. The van der Waals surface area contributed by atoms with Gasteiger partial charge in [-0.15, -0.1) is 0 Å². The highest BCUT2D eigenvalue weighted by molar-refractivity contribution is 5.76. The first-order chi connectivity index (χ1) is 9.61. The molecule has 1 heterocycles. The molecule has 2 rings (SSSR count). The van der Waals surface area contributed by atoms with Crippen molar-refractivity contribution in [3.8, 4) is 5.75 Å². The lowest BCUT2D eigenvalue weighted by atomic mass is 9.94. The summed E-state index contributed by atoms with van der Waals surface area (Å²) in [5, 5.41) is 9.47. The Hall–Kier alpha value is -2.36. The SMILES string of the molecule is COc1cccnc1C(Cc1ccc(C)cc1)C(=O)O. The van der Waals surface area contributed by atoms with E-state index < -0.39 is 11.9 Å². The van der Waals surface area contributed by atoms with E-state index in [1.54, 1.807) is 18.3 Å². The first kappa shape index (κ1) is 14.1. The largest absolute Gasteiger partial charge is 0.495 e. The fourth-order valence-corrected chi connectivity index (χ4v) is 2.10. The van der Waals surface area contributed by atoms with Crippen LogP contribution in [-0.2, 0) is 11.2 Å². The number of aromatic nitrogens is 1. The smallest absolute Gasteiger partial charge is 0.313 e. The number of carboxylic acid groups (broad SMARTS) is 1. The summed E-state index contributed by atoms with van der Waals surface area (Å²) >= 11 is 0. The minimum atomic E-state index is -0.900. The standard InChI is InChI=1S/C16H17NO3/c1-11-5-7-12(8-6-11)10-13(16(18)19)15-14(20-2)4-3-9-17-15/h3-9,13H,10H2,1-2H3,(H,18,19). The molecule has 0 aliphatic heterocycles. The van der Waals surface area contributed by atoms with Crippen molar-refractivity contribution in [2.45, 2.75) is 19.3 Å². The number of ether oxygens (including phenoxy) is 1. The van der Waals surface area contributed by atoms with Crippen LogP contribution in [0.5, 0.6) is 5.75 Å². The molecule has 1 N–H and O–H groups in total. The summed E-state index contributed by atoms with van der Waals surface area (Å²) in [6.45, 7) is 2.00. The van der Waals surface area contributed by atoms with Crippen molar-refractivity contribution in [2.75, 3.05) is 7.11 Å². The summed E-state index contributed by atoms with van der Waals surface area (Å²) < 4.78 is 5.21. The Morgan fingerprint density at radius 1 is 1.30 bits per heavy atom. The van der Waals surface area contributed by atoms with Crippen LogP contribution in [0.3, 0.4) is 0 Å². The van der Waals surface area contributed by atoms with Gasteiger partial charge in [-0.1, -0.05) is 29.8 Å². The Morgan fingerprint density at radius 2 is 2.00 bits per heavy atom. The van der Waals surface area contributed by atoms with E-state index in [0.29, 0.717) is 17.9 Å². The van der Waals surface area contributed by atoms with Crippen LogP contribution in [-0.4, -0.2) is 23.2 Å². The second-order valence-electron chi connectivity index (χ2n) is 4.67. The van der Waals surface area contributed by atoms with Gasteiger partial charge < -0.3 is 9.84 Å². The lowest BCUT2D eigenvalue weighted by Gasteiger charge is -2.15. The van der Waals surface area contributed by atoms with Crippen LogP contribution in [0.15, 0.2) is 42.6 Å². The van der Waals surface area contributed by atoms with Crippen LogP contribution in [0.2, 0.25) is 0 Å². The monoisotopic (exact) mass is 271 g/mol. The van der Waals surface area contributed by atoms with E-state index in [2.05, 4.69) is 4.98 Å². The van der Waals surface area contributed by atoms with Crippen molar-refractivity contribution in [3.05, 3.63) is 59.4 Å². The lowest BCUT2D eigenvalue weighted by molar-refractivity contribution is -0.138. The molecule has 0 saturated heterocycles. The van der Waals surface area contributed by atoms with Crippen molar-refractivity contribution in [3.63, 3.8) is 0 Å². The van der Waals surface area contributed by atoms with Gasteiger partial charge in [-0.3, -0.25) is 9.78 Å². The minimum Gasteiger partial charge on any atom is -0.495 e. The number of aliphatic carboxylic acids is 1. The third kappa shape index (κ3) is 3.15. The van der Waals surface area contributed by atoms with Crippen molar-refractivity contribution >= 4 is 5.97 Å². The topological polar surface area (TPSA) is 59.4 Å². The van der Waals surface area contributed by atoms with Gasteiger partial charge in [0.05, 0.1) is 12.8 Å². The maximum absolute atomic E-state index is 11.5. The van der Waals surface area contributed by atoms with E-state index in [9.17, 15) is 9.90 Å². The number of rotatable bonds is 5. The van der Waals surface area contributed by atoms with E-state index in [1.165, 1.54) is 7.11 Å². The third-order valence-corrected chi connectivity index (χ3v) is 3.21. The molecule has 1 aromatic carbocycles. The molecule has 1 aromatic heterocycles. The quantitative estimate of drug-likeness (QED) is 0.908. The van der Waals surface area contributed by atoms with Crippen LogP contribution in [0.1, 0.15) is 22.7 Å². The molecular weight excluding hydrogens is 254 g/mol. The van der Waals surface area contributed by atoms with Gasteiger partial charge in [-0.05, 0) is 31.0 Å². The number of aryl methyl sites for hydroxylation is 1. The highest BCUT2D eigenvalue weighted by Crippen LogP contribution is 2.27. The summed E-state index contributed by atoms with van der Waals surface area (Å²) in [6.07, 6.45) is 1.98. The van der Waals surface area contributed by atoms with Gasteiger partial charge in [0, 0.05) is 6.20 Å². The van der Waals surface area contributed by atoms with Gasteiger partial charge >= 0.3 is 5.97 Å². The normalized spacial score (nSPS) is 11.9. The average molecular weight is 271 g/mol. The number of hydrogen-bond acceptors (Lipinski definition) is 3. The van der Waals surface area contributed by atoms with Gasteiger partial charge in [0.25, 0.3) is 0 Å². The number of benzene rings is 1. The van der Waals surface area contributed by atoms with Crippen molar-refractivity contribution in [1.82, 2.24) is 4.98 Å². The first-order valence-corrected chi connectivity index (χ1v) is 6.39. The van der Waals surface area contributed by atoms with Crippen LogP contribution < -0.4 is 4.74 Å². The van der Waals surface area contributed by atoms with Gasteiger partial charge in [0.15, 0.2) is 0 Å². The second-order valence-corrected chi connectivity index (χ2v) is 4.67. The molecule has 0 fully saturated rings. The average Bonchev–Trinajstić information content (AvgIpc) is 2.46. The molecule has 2 aromatic rings. The molecule has 0 bridgehead atoms. The molecule has 4 heteroatoms. The molecule has 0 radical (unpaired) electrons. The Bertz CT molecular complexity index is 593. The van der Waals surface area contributed by atoms with E-state index in [4.69, 9.17) is 4.74 Å². The fourth-order valence-electron chi connectivity index (χ4n) is 2.10. The van der Waals surface area contributed by atoms with Gasteiger partial charge in [0.1, 0.15) is 11.7 Å². The fraction of sp³-hybridized carbons (Fsp3) is 0.250. The van der Waals surface area contributed by atoms with E-state index in [1.807, 2.05) is 31.2 Å². The van der Waals surface area contributed by atoms with Crippen molar-refractivity contribution < 1.29 is 14.6 Å². The zero-order valence-corrected chi connectivity index (χ0v) is 11.5. The number of hydrogen-bond donors (Lipinski definition) is 1. The van der Waals surface area contributed by atoms with Crippen LogP contribution in [0, 0.1) is 6.92 Å². The number of carbonyl (C=O) groups is 1. The molecule has 0 saturated carbocycles. The highest BCUT2D eigenvalue weighted by Gasteiger charge is 2.25. The zero-order valence-electron chi connectivity index (χ0n) is 11.5. The van der Waals surface area contributed by atoms with E-state index in [-0.39, 0.29) is 0 Å². The number of methoxy groups -OCH3 is 1. The third-order valence-electron chi connectivity index (χ3n) is 3.21. The maximum Gasteiger partial charge on any atom is 0.313 e. The van der Waals surface area contributed by atoms with E-state index >= 15 is 0 Å². The Balaban J connectivity index is 2.32. The van der Waals surface area contributed by atoms with Gasteiger partial charge in [-0.2, -0.15) is 0 Å². The molecule has 1 unspecified atom stereocenters. The predicted octanol–water partition coefficient (Wildman–Crippen LogP) is 2.81. The maximum atomic E-state index is 11.5. The molecule has 0 aliphatic carbocycles. The zero-order chi connectivity index (χ0) is 14.5. The second kappa shape index (κ2) is 6.19. The van der Waals surface area contributed by atoms with Crippen LogP contribution >= 0.6 is 0 Å². The molecule has 4 nitrogen and oxygen atoms in total. The highest BCUT2D eigenvalue weighted by atomic mass is 16.5. The Kier molecular flexibility index (Phi) is 4.35. The number of pyridine rings is 1. The van der Waals surface area contributed by atoms with Crippen molar-refractivity contribution in [1.29, 1.82) is 0 Å². The lowest BCUT2D eigenvalue weighted by Crippen LogP contribution is -2.16. The first-order valence-electron chi connectivity index (χ1n) is 6.39. The minimum absolute atomic E-state index is 0.392. The molecule has 20 heavy (non-hydrogen) atoms. The summed E-state index contributed by atoms with van der Waals surface area (Å²) in [5.41, 5.74) is 2.58. The number of carboxylic acids is 1. The van der Waals surface area contributed by atoms with Crippen LogP contribution in [0.25, 0.3) is 0 Å². The molecular formula is C16H17NO3. The summed E-state index contributed by atoms with van der Waals surface area (Å²) in [7, 11) is 1.52. The molecule has 1 atom stereocenters. The van der Waals surface area contributed by atoms with Crippen molar-refractivity contribution in [2.24, 2.45) is 0 Å². The Labute approximate surface area is 118 Å². The molecule has 0 amide bonds.